The van der Waals surface area contributed by atoms with Crippen LogP contribution < -0.4 is 16.0 Å². The summed E-state index contributed by atoms with van der Waals surface area (Å²) in [6.45, 7) is 1.58. The fourth-order valence-corrected chi connectivity index (χ4v) is 2.85. The highest BCUT2D eigenvalue weighted by atomic mass is 19.1. The lowest BCUT2D eigenvalue weighted by Crippen LogP contribution is -2.52. The van der Waals surface area contributed by atoms with E-state index in [0.717, 1.165) is 30.6 Å². The standard InChI is InChI=1S/C17H18FN3O3/c18-13-9-11(10-5-7-19-8-6-10)1-2-12(13)16(23)20-14-3-4-15(22)21-17(14)24/h1-2,5,9,14,19H,3-4,6-8H2,(H,20,23)(H,21,22,24). The van der Waals surface area contributed by atoms with Crippen LogP contribution >= 0.6 is 0 Å². The molecule has 3 rings (SSSR count). The second-order valence-corrected chi connectivity index (χ2v) is 5.86. The Labute approximate surface area is 138 Å². The summed E-state index contributed by atoms with van der Waals surface area (Å²) in [5, 5.41) is 7.82. The molecule has 2 heterocycles. The first-order valence-electron chi connectivity index (χ1n) is 7.89. The normalized spacial score (nSPS) is 21.0. The van der Waals surface area contributed by atoms with E-state index in [4.69, 9.17) is 0 Å². The van der Waals surface area contributed by atoms with Crippen LogP contribution in [0.3, 0.4) is 0 Å². The summed E-state index contributed by atoms with van der Waals surface area (Å²) in [6, 6.07) is 3.66. The van der Waals surface area contributed by atoms with Crippen molar-refractivity contribution in [2.24, 2.45) is 0 Å². The van der Waals surface area contributed by atoms with Gasteiger partial charge in [0.2, 0.25) is 11.8 Å². The minimum absolute atomic E-state index is 0.113. The number of amides is 3. The van der Waals surface area contributed by atoms with E-state index in [1.165, 1.54) is 12.1 Å². The summed E-state index contributed by atoms with van der Waals surface area (Å²) < 4.78 is 14.3. The SMILES string of the molecule is O=C1CCC(NC(=O)c2ccc(C3=CCNCC3)cc2F)C(=O)N1. The third-order valence-electron chi connectivity index (χ3n) is 4.19. The lowest BCUT2D eigenvalue weighted by atomic mass is 9.98. The highest BCUT2D eigenvalue weighted by molar-refractivity contribution is 6.03. The van der Waals surface area contributed by atoms with Gasteiger partial charge in [-0.05, 0) is 42.7 Å². The van der Waals surface area contributed by atoms with Crippen molar-refractivity contribution < 1.29 is 18.8 Å². The maximum atomic E-state index is 14.3. The van der Waals surface area contributed by atoms with Crippen molar-refractivity contribution in [1.29, 1.82) is 0 Å². The van der Waals surface area contributed by atoms with E-state index in [1.807, 2.05) is 6.08 Å². The molecule has 0 saturated carbocycles. The van der Waals surface area contributed by atoms with Gasteiger partial charge in [0, 0.05) is 13.0 Å². The van der Waals surface area contributed by atoms with Gasteiger partial charge in [-0.25, -0.2) is 4.39 Å². The smallest absolute Gasteiger partial charge is 0.254 e. The van der Waals surface area contributed by atoms with Gasteiger partial charge in [0.25, 0.3) is 5.91 Å². The van der Waals surface area contributed by atoms with Crippen LogP contribution in [0.25, 0.3) is 5.57 Å². The predicted molar refractivity (Wildman–Crippen MR) is 85.5 cm³/mol. The van der Waals surface area contributed by atoms with E-state index >= 15 is 0 Å². The lowest BCUT2D eigenvalue weighted by Gasteiger charge is -2.22. The van der Waals surface area contributed by atoms with Gasteiger partial charge in [-0.15, -0.1) is 0 Å². The summed E-state index contributed by atoms with van der Waals surface area (Å²) in [7, 11) is 0. The van der Waals surface area contributed by atoms with E-state index in [1.54, 1.807) is 6.07 Å². The van der Waals surface area contributed by atoms with Crippen molar-refractivity contribution >= 4 is 23.3 Å². The molecule has 24 heavy (non-hydrogen) atoms. The fourth-order valence-electron chi connectivity index (χ4n) is 2.85. The number of rotatable bonds is 3. The van der Waals surface area contributed by atoms with Crippen molar-refractivity contribution in [1.82, 2.24) is 16.0 Å². The summed E-state index contributed by atoms with van der Waals surface area (Å²) in [5.41, 5.74) is 1.69. The second kappa shape index (κ2) is 6.92. The number of piperidine rings is 1. The van der Waals surface area contributed by atoms with Gasteiger partial charge in [-0.1, -0.05) is 12.1 Å². The monoisotopic (exact) mass is 331 g/mol. The largest absolute Gasteiger partial charge is 0.340 e. The van der Waals surface area contributed by atoms with Gasteiger partial charge in [-0.3, -0.25) is 19.7 Å². The lowest BCUT2D eigenvalue weighted by molar-refractivity contribution is -0.134. The van der Waals surface area contributed by atoms with Crippen LogP contribution in [0.15, 0.2) is 24.3 Å². The molecule has 7 heteroatoms. The van der Waals surface area contributed by atoms with Gasteiger partial charge in [-0.2, -0.15) is 0 Å². The van der Waals surface area contributed by atoms with E-state index in [2.05, 4.69) is 16.0 Å². The molecule has 0 aromatic heterocycles. The topological polar surface area (TPSA) is 87.3 Å². The molecule has 0 bridgehead atoms. The number of halogens is 1. The number of nitrogens with one attached hydrogen (secondary N) is 3. The zero-order valence-electron chi connectivity index (χ0n) is 13.0. The molecule has 1 atom stereocenters. The van der Waals surface area contributed by atoms with Crippen LogP contribution in [-0.4, -0.2) is 36.9 Å². The summed E-state index contributed by atoms with van der Waals surface area (Å²) in [6.07, 6.45) is 3.18. The Bertz CT molecular complexity index is 730. The number of carbonyl (C=O) groups excluding carboxylic acids is 3. The van der Waals surface area contributed by atoms with Crippen molar-refractivity contribution in [2.45, 2.75) is 25.3 Å². The minimum atomic E-state index is -0.818. The van der Waals surface area contributed by atoms with Gasteiger partial charge in [0.05, 0.1) is 5.56 Å². The molecule has 126 valence electrons. The second-order valence-electron chi connectivity index (χ2n) is 5.86. The Balaban J connectivity index is 1.72. The average molecular weight is 331 g/mol. The molecule has 1 unspecified atom stereocenters. The Morgan fingerprint density at radius 1 is 1.25 bits per heavy atom. The average Bonchev–Trinajstić information content (AvgIpc) is 2.58. The van der Waals surface area contributed by atoms with Gasteiger partial charge < -0.3 is 10.6 Å². The van der Waals surface area contributed by atoms with E-state index in [9.17, 15) is 18.8 Å². The highest BCUT2D eigenvalue weighted by Gasteiger charge is 2.28. The van der Waals surface area contributed by atoms with Gasteiger partial charge >= 0.3 is 0 Å². The van der Waals surface area contributed by atoms with Crippen LogP contribution in [0.5, 0.6) is 0 Å². The quantitative estimate of drug-likeness (QED) is 0.713. The molecule has 1 aromatic carbocycles. The molecular formula is C17H18FN3O3. The van der Waals surface area contributed by atoms with Crippen LogP contribution in [0.4, 0.5) is 4.39 Å². The van der Waals surface area contributed by atoms with Crippen LogP contribution in [0.1, 0.15) is 35.2 Å². The molecule has 1 saturated heterocycles. The Hall–Kier alpha value is -2.54. The molecule has 0 spiro atoms. The van der Waals surface area contributed by atoms with E-state index < -0.39 is 23.7 Å². The summed E-state index contributed by atoms with van der Waals surface area (Å²) >= 11 is 0. The first kappa shape index (κ1) is 16.3. The molecule has 2 aliphatic heterocycles. The minimum Gasteiger partial charge on any atom is -0.340 e. The van der Waals surface area contributed by atoms with Crippen LogP contribution in [0, 0.1) is 5.82 Å². The number of carbonyl (C=O) groups is 3. The maximum absolute atomic E-state index is 14.3. The molecule has 0 radical (unpaired) electrons. The summed E-state index contributed by atoms with van der Waals surface area (Å²) in [4.78, 5) is 35.0. The van der Waals surface area contributed by atoms with Crippen molar-refractivity contribution in [3.63, 3.8) is 0 Å². The van der Waals surface area contributed by atoms with Crippen LogP contribution in [0.2, 0.25) is 0 Å². The molecule has 1 fully saturated rings. The zero-order valence-corrected chi connectivity index (χ0v) is 13.0. The van der Waals surface area contributed by atoms with E-state index in [-0.39, 0.29) is 24.3 Å². The van der Waals surface area contributed by atoms with Gasteiger partial charge in [0.15, 0.2) is 0 Å². The number of benzene rings is 1. The van der Waals surface area contributed by atoms with Crippen molar-refractivity contribution in [2.75, 3.05) is 13.1 Å². The third-order valence-corrected chi connectivity index (χ3v) is 4.19. The first-order chi connectivity index (χ1) is 11.5. The molecule has 1 aromatic rings. The molecule has 0 aliphatic carbocycles. The first-order valence-corrected chi connectivity index (χ1v) is 7.89. The van der Waals surface area contributed by atoms with Gasteiger partial charge in [0.1, 0.15) is 11.9 Å². The third kappa shape index (κ3) is 3.51. The van der Waals surface area contributed by atoms with Crippen molar-refractivity contribution in [3.8, 4) is 0 Å². The molecular weight excluding hydrogens is 313 g/mol. The number of imide groups is 1. The van der Waals surface area contributed by atoms with Crippen LogP contribution in [-0.2, 0) is 9.59 Å². The fraction of sp³-hybridized carbons (Fsp3) is 0.353. The molecule has 3 N–H and O–H groups in total. The predicted octanol–water partition coefficient (Wildman–Crippen LogP) is 0.737. The molecule has 2 aliphatic rings. The molecule has 3 amide bonds. The number of hydrogen-bond acceptors (Lipinski definition) is 4. The highest BCUT2D eigenvalue weighted by Crippen LogP contribution is 2.22. The van der Waals surface area contributed by atoms with Crippen molar-refractivity contribution in [3.05, 3.63) is 41.2 Å². The molecule has 6 nitrogen and oxygen atoms in total. The Morgan fingerprint density at radius 3 is 2.75 bits per heavy atom. The Morgan fingerprint density at radius 2 is 2.08 bits per heavy atom. The zero-order chi connectivity index (χ0) is 17.1. The summed E-state index contributed by atoms with van der Waals surface area (Å²) in [5.74, 6) is -2.21. The Kier molecular flexibility index (Phi) is 4.71. The maximum Gasteiger partial charge on any atom is 0.254 e. The number of hydrogen-bond donors (Lipinski definition) is 3. The van der Waals surface area contributed by atoms with E-state index in [0.29, 0.717) is 0 Å².